The summed E-state index contributed by atoms with van der Waals surface area (Å²) in [5, 5.41) is 15.0. The van der Waals surface area contributed by atoms with Crippen molar-refractivity contribution in [3.8, 4) is 22.5 Å². The first kappa shape index (κ1) is 16.3. The molecule has 4 heterocycles. The SMILES string of the molecule is CC(CC(F)(F)F)n1cc(-c2nc(-c3cn[nH]c3)cn3nccc23)cn1. The molecule has 10 heteroatoms. The molecule has 0 bridgehead atoms. The Hall–Kier alpha value is -3.17. The average Bonchev–Trinajstić information content (AvgIpc) is 3.31. The first-order chi connectivity index (χ1) is 12.4. The highest BCUT2D eigenvalue weighted by atomic mass is 19.4. The van der Waals surface area contributed by atoms with Crippen molar-refractivity contribution in [1.82, 2.24) is 34.6 Å². The predicted molar refractivity (Wildman–Crippen MR) is 87.2 cm³/mol. The average molecular weight is 361 g/mol. The summed E-state index contributed by atoms with van der Waals surface area (Å²) < 4.78 is 40.8. The third kappa shape index (κ3) is 3.05. The molecule has 0 radical (unpaired) electrons. The van der Waals surface area contributed by atoms with Gasteiger partial charge in [0.15, 0.2) is 0 Å². The number of alkyl halides is 3. The molecule has 0 amide bonds. The molecule has 0 aliphatic heterocycles. The monoisotopic (exact) mass is 361 g/mol. The Bertz CT molecular complexity index is 1030. The van der Waals surface area contributed by atoms with Crippen LogP contribution >= 0.6 is 0 Å². The molecule has 4 rings (SSSR count). The van der Waals surface area contributed by atoms with Crippen molar-refractivity contribution in [3.05, 3.63) is 43.2 Å². The van der Waals surface area contributed by atoms with Crippen LogP contribution in [0.15, 0.2) is 43.2 Å². The molecule has 7 nitrogen and oxygen atoms in total. The first-order valence-corrected chi connectivity index (χ1v) is 7.85. The van der Waals surface area contributed by atoms with Gasteiger partial charge in [-0.3, -0.25) is 9.78 Å². The molecule has 1 N–H and O–H groups in total. The summed E-state index contributed by atoms with van der Waals surface area (Å²) in [6.45, 7) is 1.48. The van der Waals surface area contributed by atoms with Crippen LogP contribution in [0.5, 0.6) is 0 Å². The number of nitrogens with zero attached hydrogens (tertiary/aromatic N) is 6. The van der Waals surface area contributed by atoms with Crippen LogP contribution in [0.4, 0.5) is 13.2 Å². The van der Waals surface area contributed by atoms with E-state index in [2.05, 4.69) is 25.4 Å². The van der Waals surface area contributed by atoms with E-state index in [4.69, 9.17) is 0 Å². The molecule has 4 aromatic heterocycles. The fourth-order valence-corrected chi connectivity index (χ4v) is 2.80. The minimum atomic E-state index is -4.25. The highest BCUT2D eigenvalue weighted by Gasteiger charge is 2.31. The van der Waals surface area contributed by atoms with Crippen LogP contribution in [0.25, 0.3) is 28.0 Å². The molecule has 0 saturated carbocycles. The number of hydrogen-bond donors (Lipinski definition) is 1. The molecule has 26 heavy (non-hydrogen) atoms. The topological polar surface area (TPSA) is 76.7 Å². The lowest BCUT2D eigenvalue weighted by molar-refractivity contribution is -0.142. The van der Waals surface area contributed by atoms with Crippen LogP contribution in [0, 0.1) is 0 Å². The summed E-state index contributed by atoms with van der Waals surface area (Å²) in [4.78, 5) is 4.64. The zero-order chi connectivity index (χ0) is 18.3. The Morgan fingerprint density at radius 2 is 2.00 bits per heavy atom. The lowest BCUT2D eigenvalue weighted by Gasteiger charge is -2.14. The third-order valence-corrected chi connectivity index (χ3v) is 4.04. The molecule has 0 saturated heterocycles. The summed E-state index contributed by atoms with van der Waals surface area (Å²) in [6.07, 6.45) is 4.64. The molecular formula is C16H14F3N7. The minimum Gasteiger partial charge on any atom is -0.285 e. The van der Waals surface area contributed by atoms with Gasteiger partial charge in [-0.1, -0.05) is 0 Å². The fraction of sp³-hybridized carbons (Fsp3) is 0.250. The lowest BCUT2D eigenvalue weighted by Crippen LogP contribution is -2.16. The molecule has 134 valence electrons. The molecule has 0 aromatic carbocycles. The van der Waals surface area contributed by atoms with E-state index in [-0.39, 0.29) is 0 Å². The number of hydrogen-bond acceptors (Lipinski definition) is 4. The number of rotatable bonds is 4. The number of nitrogens with one attached hydrogen (secondary N) is 1. The van der Waals surface area contributed by atoms with Crippen LogP contribution < -0.4 is 0 Å². The molecular weight excluding hydrogens is 347 g/mol. The largest absolute Gasteiger partial charge is 0.391 e. The van der Waals surface area contributed by atoms with Gasteiger partial charge in [-0.25, -0.2) is 9.50 Å². The van der Waals surface area contributed by atoms with Gasteiger partial charge in [-0.15, -0.1) is 0 Å². The molecule has 4 aromatic rings. The van der Waals surface area contributed by atoms with Gasteiger partial charge >= 0.3 is 6.18 Å². The van der Waals surface area contributed by atoms with Gasteiger partial charge in [0, 0.05) is 23.5 Å². The van der Waals surface area contributed by atoms with Crippen molar-refractivity contribution in [2.75, 3.05) is 0 Å². The number of H-pyrrole nitrogens is 1. The van der Waals surface area contributed by atoms with Crippen LogP contribution in [-0.4, -0.2) is 40.8 Å². The summed E-state index contributed by atoms with van der Waals surface area (Å²) >= 11 is 0. The van der Waals surface area contributed by atoms with Crippen molar-refractivity contribution in [3.63, 3.8) is 0 Å². The third-order valence-electron chi connectivity index (χ3n) is 4.04. The molecule has 0 aliphatic rings. The van der Waals surface area contributed by atoms with Gasteiger partial charge < -0.3 is 0 Å². The number of aromatic amines is 1. The van der Waals surface area contributed by atoms with Gasteiger partial charge in [0.1, 0.15) is 0 Å². The van der Waals surface area contributed by atoms with E-state index in [1.54, 1.807) is 41.6 Å². The Morgan fingerprint density at radius 3 is 2.73 bits per heavy atom. The Morgan fingerprint density at radius 1 is 1.15 bits per heavy atom. The van der Waals surface area contributed by atoms with E-state index in [1.165, 1.54) is 17.8 Å². The smallest absolute Gasteiger partial charge is 0.285 e. The zero-order valence-corrected chi connectivity index (χ0v) is 13.6. The van der Waals surface area contributed by atoms with E-state index in [0.29, 0.717) is 17.0 Å². The molecule has 0 fully saturated rings. The quantitative estimate of drug-likeness (QED) is 0.604. The Balaban J connectivity index is 1.76. The van der Waals surface area contributed by atoms with E-state index in [9.17, 15) is 13.2 Å². The maximum absolute atomic E-state index is 12.6. The van der Waals surface area contributed by atoms with Crippen LogP contribution in [-0.2, 0) is 0 Å². The minimum absolute atomic E-state index is 0.589. The van der Waals surface area contributed by atoms with Gasteiger partial charge in [0.2, 0.25) is 0 Å². The van der Waals surface area contributed by atoms with Crippen LogP contribution in [0.3, 0.4) is 0 Å². The summed E-state index contributed by atoms with van der Waals surface area (Å²) in [7, 11) is 0. The normalized spacial score (nSPS) is 13.4. The van der Waals surface area contributed by atoms with Crippen molar-refractivity contribution in [1.29, 1.82) is 0 Å². The van der Waals surface area contributed by atoms with Crippen molar-refractivity contribution >= 4 is 5.52 Å². The Labute approximate surface area is 145 Å². The molecule has 0 spiro atoms. The van der Waals surface area contributed by atoms with Crippen LogP contribution in [0.1, 0.15) is 19.4 Å². The van der Waals surface area contributed by atoms with Crippen molar-refractivity contribution < 1.29 is 13.2 Å². The van der Waals surface area contributed by atoms with Crippen LogP contribution in [0.2, 0.25) is 0 Å². The van der Waals surface area contributed by atoms with E-state index >= 15 is 0 Å². The van der Waals surface area contributed by atoms with Gasteiger partial charge in [-0.2, -0.15) is 28.5 Å². The highest BCUT2D eigenvalue weighted by Crippen LogP contribution is 2.30. The second-order valence-corrected chi connectivity index (χ2v) is 6.00. The zero-order valence-electron chi connectivity index (χ0n) is 13.6. The fourth-order valence-electron chi connectivity index (χ4n) is 2.80. The van der Waals surface area contributed by atoms with Crippen molar-refractivity contribution in [2.45, 2.75) is 25.6 Å². The first-order valence-electron chi connectivity index (χ1n) is 7.85. The second kappa shape index (κ2) is 5.97. The lowest BCUT2D eigenvalue weighted by atomic mass is 10.2. The van der Waals surface area contributed by atoms with Crippen molar-refractivity contribution in [2.24, 2.45) is 0 Å². The van der Waals surface area contributed by atoms with E-state index in [1.807, 2.05) is 0 Å². The molecule has 1 unspecified atom stereocenters. The van der Waals surface area contributed by atoms with E-state index in [0.717, 1.165) is 11.1 Å². The van der Waals surface area contributed by atoms with E-state index < -0.39 is 18.6 Å². The second-order valence-electron chi connectivity index (χ2n) is 6.00. The van der Waals surface area contributed by atoms with Gasteiger partial charge in [0.25, 0.3) is 0 Å². The number of halogens is 3. The summed E-state index contributed by atoms with van der Waals surface area (Å²) in [5.41, 5.74) is 3.37. The van der Waals surface area contributed by atoms with Gasteiger partial charge in [-0.05, 0) is 13.0 Å². The Kier molecular flexibility index (Phi) is 3.74. The molecule has 0 aliphatic carbocycles. The predicted octanol–water partition coefficient (Wildman–Crippen LogP) is 3.50. The maximum Gasteiger partial charge on any atom is 0.391 e. The highest BCUT2D eigenvalue weighted by molar-refractivity contribution is 5.78. The standard InChI is InChI=1S/C16H14F3N7/c1-10(4-16(17,18)19)25-8-12(7-23-25)15-14-2-3-22-26(14)9-13(24-15)11-5-20-21-6-11/h2-3,5-10H,4H2,1H3,(H,20,21). The van der Waals surface area contributed by atoms with Gasteiger partial charge in [0.05, 0.1) is 54.2 Å². The number of aromatic nitrogens is 7. The summed E-state index contributed by atoms with van der Waals surface area (Å²) in [5.74, 6) is 0. The molecule has 1 atom stereocenters. The maximum atomic E-state index is 12.6. The summed E-state index contributed by atoms with van der Waals surface area (Å²) in [6, 6.07) is 0.986. The number of fused-ring (bicyclic) bond motifs is 1.